The quantitative estimate of drug-likeness (QED) is 0.670. The second kappa shape index (κ2) is 9.81. The standard InChI is InChI=1S/C23H33N3O3/c1-4-12-26(22(27)5-2)16-19-7-6-13-25(19)17-20-8-9-21(29-20)23(28)24-14-10-18(3)11-15-24/h6-9,13,18H,4-5,10-12,14-17H2,1-3H3. The van der Waals surface area contributed by atoms with Gasteiger partial charge in [-0.1, -0.05) is 20.8 Å². The smallest absolute Gasteiger partial charge is 0.289 e. The van der Waals surface area contributed by atoms with Crippen LogP contribution in [0.5, 0.6) is 0 Å². The Morgan fingerprint density at radius 2 is 1.93 bits per heavy atom. The van der Waals surface area contributed by atoms with Crippen LogP contribution in [0.1, 0.15) is 68.5 Å². The first-order chi connectivity index (χ1) is 14.0. The molecule has 3 heterocycles. The number of furan rings is 1. The second-order valence-corrected chi connectivity index (χ2v) is 8.04. The van der Waals surface area contributed by atoms with Gasteiger partial charge in [0.25, 0.3) is 5.91 Å². The van der Waals surface area contributed by atoms with Crippen LogP contribution in [0.15, 0.2) is 34.9 Å². The summed E-state index contributed by atoms with van der Waals surface area (Å²) in [6.07, 6.45) is 5.55. The molecule has 0 bridgehead atoms. The first-order valence-electron chi connectivity index (χ1n) is 10.8. The van der Waals surface area contributed by atoms with E-state index in [1.54, 1.807) is 6.07 Å². The molecule has 2 aromatic rings. The minimum Gasteiger partial charge on any atom is -0.454 e. The number of hydrogen-bond donors (Lipinski definition) is 0. The molecular weight excluding hydrogens is 366 g/mol. The van der Waals surface area contributed by atoms with Crippen molar-refractivity contribution < 1.29 is 14.0 Å². The molecule has 0 aliphatic carbocycles. The average Bonchev–Trinajstić information content (AvgIpc) is 3.37. The van der Waals surface area contributed by atoms with Crippen molar-refractivity contribution in [3.05, 3.63) is 47.7 Å². The summed E-state index contributed by atoms with van der Waals surface area (Å²) >= 11 is 0. The zero-order chi connectivity index (χ0) is 20.8. The van der Waals surface area contributed by atoms with E-state index in [0.717, 1.165) is 50.4 Å². The molecule has 0 saturated carbocycles. The van der Waals surface area contributed by atoms with E-state index < -0.39 is 0 Å². The number of amides is 2. The lowest BCUT2D eigenvalue weighted by atomic mass is 9.99. The van der Waals surface area contributed by atoms with Gasteiger partial charge < -0.3 is 18.8 Å². The molecule has 1 saturated heterocycles. The summed E-state index contributed by atoms with van der Waals surface area (Å²) in [7, 11) is 0. The lowest BCUT2D eigenvalue weighted by Gasteiger charge is -2.29. The molecule has 2 aromatic heterocycles. The predicted molar refractivity (Wildman–Crippen MR) is 113 cm³/mol. The monoisotopic (exact) mass is 399 g/mol. The van der Waals surface area contributed by atoms with E-state index >= 15 is 0 Å². The van der Waals surface area contributed by atoms with Crippen molar-refractivity contribution in [1.29, 1.82) is 0 Å². The molecule has 0 aromatic carbocycles. The van der Waals surface area contributed by atoms with Crippen molar-refractivity contribution in [3.8, 4) is 0 Å². The number of carbonyl (C=O) groups excluding carboxylic acids is 2. The maximum absolute atomic E-state index is 12.7. The molecule has 6 nitrogen and oxygen atoms in total. The molecule has 0 N–H and O–H groups in total. The maximum Gasteiger partial charge on any atom is 0.289 e. The zero-order valence-electron chi connectivity index (χ0n) is 17.9. The Bertz CT molecular complexity index is 815. The molecule has 6 heteroatoms. The zero-order valence-corrected chi connectivity index (χ0v) is 17.9. The van der Waals surface area contributed by atoms with E-state index in [4.69, 9.17) is 4.42 Å². The van der Waals surface area contributed by atoms with Crippen LogP contribution in [0.2, 0.25) is 0 Å². The Balaban J connectivity index is 1.65. The molecule has 3 rings (SSSR count). The molecule has 2 amide bonds. The second-order valence-electron chi connectivity index (χ2n) is 8.04. The van der Waals surface area contributed by atoms with Gasteiger partial charge in [0.2, 0.25) is 5.91 Å². The van der Waals surface area contributed by atoms with Gasteiger partial charge in [0, 0.05) is 37.9 Å². The highest BCUT2D eigenvalue weighted by Crippen LogP contribution is 2.20. The van der Waals surface area contributed by atoms with Gasteiger partial charge in [-0.25, -0.2) is 0 Å². The third-order valence-corrected chi connectivity index (χ3v) is 5.69. The summed E-state index contributed by atoms with van der Waals surface area (Å²) < 4.78 is 7.97. The lowest BCUT2D eigenvalue weighted by molar-refractivity contribution is -0.131. The summed E-state index contributed by atoms with van der Waals surface area (Å²) in [5.74, 6) is 2.00. The van der Waals surface area contributed by atoms with Gasteiger partial charge in [-0.05, 0) is 49.4 Å². The number of hydrogen-bond acceptors (Lipinski definition) is 3. The summed E-state index contributed by atoms with van der Waals surface area (Å²) in [5.41, 5.74) is 1.06. The molecule has 1 aliphatic rings. The van der Waals surface area contributed by atoms with E-state index in [2.05, 4.69) is 18.4 Å². The van der Waals surface area contributed by atoms with Crippen molar-refractivity contribution >= 4 is 11.8 Å². The average molecular weight is 400 g/mol. The van der Waals surface area contributed by atoms with Crippen molar-refractivity contribution in [2.75, 3.05) is 19.6 Å². The molecule has 0 spiro atoms. The molecule has 1 aliphatic heterocycles. The number of aromatic nitrogens is 1. The van der Waals surface area contributed by atoms with E-state index in [0.29, 0.717) is 31.2 Å². The third kappa shape index (κ3) is 5.31. The minimum atomic E-state index is -0.0152. The Hall–Kier alpha value is -2.50. The topological polar surface area (TPSA) is 58.7 Å². The Morgan fingerprint density at radius 1 is 1.17 bits per heavy atom. The fraction of sp³-hybridized carbons (Fsp3) is 0.565. The van der Waals surface area contributed by atoms with Crippen molar-refractivity contribution in [2.24, 2.45) is 5.92 Å². The van der Waals surface area contributed by atoms with Crippen molar-refractivity contribution in [2.45, 2.75) is 59.5 Å². The summed E-state index contributed by atoms with van der Waals surface area (Å²) in [6.45, 7) is 9.71. The first kappa shape index (κ1) is 21.2. The van der Waals surface area contributed by atoms with E-state index in [9.17, 15) is 9.59 Å². The van der Waals surface area contributed by atoms with Crippen LogP contribution in [-0.2, 0) is 17.9 Å². The number of carbonyl (C=O) groups is 2. The van der Waals surface area contributed by atoms with E-state index in [1.165, 1.54) is 0 Å². The van der Waals surface area contributed by atoms with Crippen LogP contribution >= 0.6 is 0 Å². The van der Waals surface area contributed by atoms with Gasteiger partial charge in [0.1, 0.15) is 5.76 Å². The van der Waals surface area contributed by atoms with Gasteiger partial charge in [0.15, 0.2) is 5.76 Å². The molecule has 0 atom stereocenters. The summed E-state index contributed by atoms with van der Waals surface area (Å²) in [5, 5.41) is 0. The number of nitrogens with zero attached hydrogens (tertiary/aromatic N) is 3. The minimum absolute atomic E-state index is 0.0152. The molecule has 1 fully saturated rings. The van der Waals surface area contributed by atoms with Gasteiger partial charge in [0.05, 0.1) is 13.1 Å². The van der Waals surface area contributed by atoms with Crippen molar-refractivity contribution in [1.82, 2.24) is 14.4 Å². The largest absolute Gasteiger partial charge is 0.454 e. The molecular formula is C23H33N3O3. The highest BCUT2D eigenvalue weighted by Gasteiger charge is 2.23. The normalized spacial score (nSPS) is 14.9. The summed E-state index contributed by atoms with van der Waals surface area (Å²) in [4.78, 5) is 28.7. The van der Waals surface area contributed by atoms with Crippen LogP contribution in [0, 0.1) is 5.92 Å². The Morgan fingerprint density at radius 3 is 2.62 bits per heavy atom. The predicted octanol–water partition coefficient (Wildman–Crippen LogP) is 4.15. The van der Waals surface area contributed by atoms with Crippen LogP contribution in [0.4, 0.5) is 0 Å². The van der Waals surface area contributed by atoms with Crippen LogP contribution in [0.25, 0.3) is 0 Å². The van der Waals surface area contributed by atoms with E-state index in [-0.39, 0.29) is 11.8 Å². The van der Waals surface area contributed by atoms with Gasteiger partial charge >= 0.3 is 0 Å². The number of likely N-dealkylation sites (tertiary alicyclic amines) is 1. The van der Waals surface area contributed by atoms with E-state index in [1.807, 2.05) is 41.1 Å². The number of piperidine rings is 1. The fourth-order valence-corrected chi connectivity index (χ4v) is 3.84. The fourth-order valence-electron chi connectivity index (χ4n) is 3.84. The van der Waals surface area contributed by atoms with Crippen LogP contribution in [0.3, 0.4) is 0 Å². The molecule has 0 radical (unpaired) electrons. The Labute approximate surface area is 173 Å². The first-order valence-corrected chi connectivity index (χ1v) is 10.8. The Kier molecular flexibility index (Phi) is 7.18. The molecule has 29 heavy (non-hydrogen) atoms. The maximum atomic E-state index is 12.7. The van der Waals surface area contributed by atoms with Crippen LogP contribution < -0.4 is 0 Å². The molecule has 158 valence electrons. The van der Waals surface area contributed by atoms with Gasteiger partial charge in [-0.3, -0.25) is 9.59 Å². The molecule has 0 unspecified atom stereocenters. The highest BCUT2D eigenvalue weighted by atomic mass is 16.4. The van der Waals surface area contributed by atoms with Gasteiger partial charge in [-0.15, -0.1) is 0 Å². The van der Waals surface area contributed by atoms with Crippen LogP contribution in [-0.4, -0.2) is 45.8 Å². The third-order valence-electron chi connectivity index (χ3n) is 5.69. The lowest BCUT2D eigenvalue weighted by Crippen LogP contribution is -2.37. The van der Waals surface area contributed by atoms with Gasteiger partial charge in [-0.2, -0.15) is 0 Å². The SMILES string of the molecule is CCCN(Cc1cccn1Cc1ccc(C(=O)N2CCC(C)CC2)o1)C(=O)CC. The summed E-state index contributed by atoms with van der Waals surface area (Å²) in [6, 6.07) is 7.68. The number of rotatable bonds is 8. The van der Waals surface area contributed by atoms with Crippen molar-refractivity contribution in [3.63, 3.8) is 0 Å². The highest BCUT2D eigenvalue weighted by molar-refractivity contribution is 5.91.